The third kappa shape index (κ3) is 5.12. The summed E-state index contributed by atoms with van der Waals surface area (Å²) in [5, 5.41) is 4.36. The van der Waals surface area contributed by atoms with Crippen molar-refractivity contribution in [2.45, 2.75) is 24.7 Å². The standard InChI is InChI=1S/C24H31N3O2S/c1-2-13-29-25-24(28)27-16-22(23(17-27)21-10-14-30-18-21)15-26-11-8-20(9-12-26)19-6-4-3-5-7-19/h2-7,10,14,18,20,22-23H,1,8-9,11-13,15-17H2,(H,25,28). The molecule has 2 fully saturated rings. The molecule has 1 aromatic heterocycles. The van der Waals surface area contributed by atoms with Gasteiger partial charge in [0.05, 0.1) is 6.61 Å². The molecule has 0 saturated carbocycles. The summed E-state index contributed by atoms with van der Waals surface area (Å²) in [5.41, 5.74) is 5.37. The molecule has 0 spiro atoms. The smallest absolute Gasteiger partial charge is 0.322 e. The molecule has 5 nitrogen and oxygen atoms in total. The van der Waals surface area contributed by atoms with E-state index in [-0.39, 0.29) is 6.03 Å². The summed E-state index contributed by atoms with van der Waals surface area (Å²) in [4.78, 5) is 22.2. The molecule has 2 aromatic rings. The van der Waals surface area contributed by atoms with Gasteiger partial charge in [0.25, 0.3) is 0 Å². The van der Waals surface area contributed by atoms with Gasteiger partial charge >= 0.3 is 6.03 Å². The summed E-state index contributed by atoms with van der Waals surface area (Å²) in [6.07, 6.45) is 4.04. The van der Waals surface area contributed by atoms with Crippen LogP contribution in [0, 0.1) is 5.92 Å². The second-order valence-corrected chi connectivity index (χ2v) is 9.10. The number of nitrogens with zero attached hydrogens (tertiary/aromatic N) is 2. The van der Waals surface area contributed by atoms with E-state index in [1.807, 2.05) is 4.90 Å². The minimum Gasteiger partial charge on any atom is -0.322 e. The number of amides is 2. The lowest BCUT2D eigenvalue weighted by atomic mass is 9.87. The molecule has 1 N–H and O–H groups in total. The van der Waals surface area contributed by atoms with E-state index < -0.39 is 0 Å². The van der Waals surface area contributed by atoms with Crippen molar-refractivity contribution in [1.82, 2.24) is 15.3 Å². The van der Waals surface area contributed by atoms with Crippen molar-refractivity contribution in [2.24, 2.45) is 5.92 Å². The summed E-state index contributed by atoms with van der Waals surface area (Å²) in [7, 11) is 0. The van der Waals surface area contributed by atoms with Gasteiger partial charge in [-0.05, 0) is 65.7 Å². The zero-order valence-corrected chi connectivity index (χ0v) is 18.2. The summed E-state index contributed by atoms with van der Waals surface area (Å²) in [5.74, 6) is 1.49. The molecule has 160 valence electrons. The molecule has 1 aromatic carbocycles. The predicted molar refractivity (Wildman–Crippen MR) is 122 cm³/mol. The van der Waals surface area contributed by atoms with E-state index in [1.54, 1.807) is 17.4 Å². The molecule has 3 heterocycles. The van der Waals surface area contributed by atoms with Gasteiger partial charge in [0.1, 0.15) is 0 Å². The first-order chi connectivity index (χ1) is 14.7. The van der Waals surface area contributed by atoms with Gasteiger partial charge in [-0.3, -0.25) is 4.84 Å². The summed E-state index contributed by atoms with van der Waals surface area (Å²) in [6, 6.07) is 13.0. The summed E-state index contributed by atoms with van der Waals surface area (Å²) in [6.45, 7) is 8.72. The van der Waals surface area contributed by atoms with Crippen molar-refractivity contribution in [3.8, 4) is 0 Å². The number of hydrogen-bond acceptors (Lipinski definition) is 4. The Hall–Kier alpha value is -2.15. The SMILES string of the molecule is C=CCONC(=O)N1CC(CN2CCC(c3ccccc3)CC2)C(c2ccsc2)C1. The zero-order chi connectivity index (χ0) is 20.8. The first-order valence-electron chi connectivity index (χ1n) is 10.8. The molecular formula is C24H31N3O2S. The lowest BCUT2D eigenvalue weighted by Crippen LogP contribution is -2.40. The van der Waals surface area contributed by atoms with E-state index >= 15 is 0 Å². The van der Waals surface area contributed by atoms with E-state index in [1.165, 1.54) is 24.0 Å². The number of piperidine rings is 1. The zero-order valence-electron chi connectivity index (χ0n) is 17.4. The number of nitrogens with one attached hydrogen (secondary N) is 1. The Morgan fingerprint density at radius 2 is 1.97 bits per heavy atom. The molecule has 2 aliphatic heterocycles. The highest BCUT2D eigenvalue weighted by Gasteiger charge is 2.38. The molecule has 0 aliphatic carbocycles. The minimum atomic E-state index is -0.151. The number of urea groups is 1. The van der Waals surface area contributed by atoms with E-state index in [0.29, 0.717) is 24.4 Å². The monoisotopic (exact) mass is 425 g/mol. The number of carbonyl (C=O) groups excluding carboxylic acids is 1. The highest BCUT2D eigenvalue weighted by atomic mass is 32.1. The first-order valence-corrected chi connectivity index (χ1v) is 11.8. The molecule has 2 saturated heterocycles. The Kier molecular flexibility index (Phi) is 7.20. The van der Waals surface area contributed by atoms with Gasteiger partial charge in [0, 0.05) is 25.6 Å². The Labute approximate surface area is 183 Å². The van der Waals surface area contributed by atoms with Crippen LogP contribution in [0.5, 0.6) is 0 Å². The average molecular weight is 426 g/mol. The lowest BCUT2D eigenvalue weighted by molar-refractivity contribution is 0.0673. The van der Waals surface area contributed by atoms with Crippen molar-refractivity contribution >= 4 is 17.4 Å². The second-order valence-electron chi connectivity index (χ2n) is 8.32. The molecule has 0 bridgehead atoms. The highest BCUT2D eigenvalue weighted by molar-refractivity contribution is 7.08. The van der Waals surface area contributed by atoms with Gasteiger partial charge in [-0.15, -0.1) is 6.58 Å². The van der Waals surface area contributed by atoms with Crippen LogP contribution in [-0.4, -0.2) is 55.2 Å². The van der Waals surface area contributed by atoms with Crippen LogP contribution in [0.3, 0.4) is 0 Å². The number of rotatable bonds is 7. The maximum absolute atomic E-state index is 12.5. The second kappa shape index (κ2) is 10.2. The van der Waals surface area contributed by atoms with Gasteiger partial charge in [-0.2, -0.15) is 11.3 Å². The number of carbonyl (C=O) groups is 1. The van der Waals surface area contributed by atoms with E-state index in [9.17, 15) is 4.79 Å². The van der Waals surface area contributed by atoms with Crippen LogP contribution in [0.25, 0.3) is 0 Å². The number of hydrogen-bond donors (Lipinski definition) is 1. The average Bonchev–Trinajstić information content (AvgIpc) is 3.45. The van der Waals surface area contributed by atoms with Crippen LogP contribution in [0.15, 0.2) is 59.8 Å². The maximum Gasteiger partial charge on any atom is 0.341 e. The maximum atomic E-state index is 12.5. The van der Waals surface area contributed by atoms with Crippen LogP contribution in [0.1, 0.15) is 35.8 Å². The van der Waals surface area contributed by atoms with Crippen LogP contribution in [0.2, 0.25) is 0 Å². The first kappa shape index (κ1) is 21.1. The third-order valence-electron chi connectivity index (χ3n) is 6.41. The van der Waals surface area contributed by atoms with E-state index in [2.05, 4.69) is 64.1 Å². The van der Waals surface area contributed by atoms with Crippen LogP contribution in [0.4, 0.5) is 4.79 Å². The van der Waals surface area contributed by atoms with E-state index in [4.69, 9.17) is 4.84 Å². The molecule has 2 unspecified atom stereocenters. The van der Waals surface area contributed by atoms with Gasteiger partial charge in [-0.1, -0.05) is 36.4 Å². The molecule has 30 heavy (non-hydrogen) atoms. The number of likely N-dealkylation sites (tertiary alicyclic amines) is 2. The van der Waals surface area contributed by atoms with Crippen molar-refractivity contribution in [2.75, 3.05) is 39.3 Å². The van der Waals surface area contributed by atoms with Crippen LogP contribution in [-0.2, 0) is 4.84 Å². The molecule has 0 radical (unpaired) electrons. The van der Waals surface area contributed by atoms with Crippen molar-refractivity contribution in [3.05, 3.63) is 70.9 Å². The summed E-state index contributed by atoms with van der Waals surface area (Å²) >= 11 is 1.73. The molecular weight excluding hydrogens is 394 g/mol. The number of thiophene rings is 1. The van der Waals surface area contributed by atoms with Crippen molar-refractivity contribution < 1.29 is 9.63 Å². The topological polar surface area (TPSA) is 44.8 Å². The fraction of sp³-hybridized carbons (Fsp3) is 0.458. The van der Waals surface area contributed by atoms with Gasteiger partial charge < -0.3 is 9.80 Å². The highest BCUT2D eigenvalue weighted by Crippen LogP contribution is 2.36. The predicted octanol–water partition coefficient (Wildman–Crippen LogP) is 4.47. The molecule has 2 aliphatic rings. The molecule has 2 atom stereocenters. The normalized spacial score (nSPS) is 22.9. The lowest BCUT2D eigenvalue weighted by Gasteiger charge is -2.34. The van der Waals surface area contributed by atoms with Gasteiger partial charge in [0.15, 0.2) is 0 Å². The van der Waals surface area contributed by atoms with E-state index in [0.717, 1.165) is 32.7 Å². The number of hydroxylamine groups is 1. The third-order valence-corrected chi connectivity index (χ3v) is 7.11. The number of benzene rings is 1. The fourth-order valence-electron chi connectivity index (χ4n) is 4.82. The molecule has 2 amide bonds. The van der Waals surface area contributed by atoms with Gasteiger partial charge in [0.2, 0.25) is 0 Å². The Morgan fingerprint density at radius 1 is 1.17 bits per heavy atom. The van der Waals surface area contributed by atoms with Crippen LogP contribution < -0.4 is 5.48 Å². The van der Waals surface area contributed by atoms with Gasteiger partial charge in [-0.25, -0.2) is 10.3 Å². The quantitative estimate of drug-likeness (QED) is 0.404. The largest absolute Gasteiger partial charge is 0.341 e. The van der Waals surface area contributed by atoms with Crippen LogP contribution >= 0.6 is 11.3 Å². The molecule has 4 rings (SSSR count). The Morgan fingerprint density at radius 3 is 2.67 bits per heavy atom. The Balaban J connectivity index is 1.35. The fourth-order valence-corrected chi connectivity index (χ4v) is 5.54. The van der Waals surface area contributed by atoms with Crippen molar-refractivity contribution in [1.29, 1.82) is 0 Å². The summed E-state index contributed by atoms with van der Waals surface area (Å²) < 4.78 is 0. The molecule has 6 heteroatoms. The van der Waals surface area contributed by atoms with Crippen molar-refractivity contribution in [3.63, 3.8) is 0 Å². The Bertz CT molecular complexity index is 803. The minimum absolute atomic E-state index is 0.151.